The summed E-state index contributed by atoms with van der Waals surface area (Å²) < 4.78 is 5.58. The third-order valence-corrected chi connectivity index (χ3v) is 5.29. The summed E-state index contributed by atoms with van der Waals surface area (Å²) in [5.41, 5.74) is 0.367. The van der Waals surface area contributed by atoms with Gasteiger partial charge in [-0.3, -0.25) is 0 Å². The molecule has 152 valence electrons. The quantitative estimate of drug-likeness (QED) is 0.265. The predicted octanol–water partition coefficient (Wildman–Crippen LogP) is 5.99. The Hall–Kier alpha value is -2.04. The third kappa shape index (κ3) is 6.26. The van der Waals surface area contributed by atoms with Crippen LogP contribution in [0.5, 0.6) is 17.2 Å². The van der Waals surface area contributed by atoms with Crippen molar-refractivity contribution in [1.82, 2.24) is 0 Å². The SMILES string of the molecule is CCCCCCCCCCCCC1COC(c2cc(O)c(O)c(O)c2)=C1O. The highest BCUT2D eigenvalue weighted by Crippen LogP contribution is 2.41. The van der Waals surface area contributed by atoms with Gasteiger partial charge in [0.15, 0.2) is 23.0 Å². The van der Waals surface area contributed by atoms with E-state index in [-0.39, 0.29) is 17.4 Å². The minimum absolute atomic E-state index is 0.0490. The van der Waals surface area contributed by atoms with Gasteiger partial charge in [-0.25, -0.2) is 0 Å². The Balaban J connectivity index is 1.70. The van der Waals surface area contributed by atoms with Crippen molar-refractivity contribution >= 4 is 5.76 Å². The molecule has 0 aliphatic carbocycles. The van der Waals surface area contributed by atoms with Crippen molar-refractivity contribution in [1.29, 1.82) is 0 Å². The van der Waals surface area contributed by atoms with Gasteiger partial charge in [0.1, 0.15) is 5.76 Å². The van der Waals surface area contributed by atoms with Gasteiger partial charge >= 0.3 is 0 Å². The topological polar surface area (TPSA) is 90.2 Å². The number of hydrogen-bond acceptors (Lipinski definition) is 5. The number of hydrogen-bond donors (Lipinski definition) is 4. The molecule has 0 aromatic heterocycles. The van der Waals surface area contributed by atoms with Crippen LogP contribution in [0.2, 0.25) is 0 Å². The summed E-state index contributed by atoms with van der Waals surface area (Å²) in [6.45, 7) is 2.64. The zero-order valence-electron chi connectivity index (χ0n) is 16.4. The fraction of sp³-hybridized carbons (Fsp3) is 0.636. The number of unbranched alkanes of at least 4 members (excludes halogenated alkanes) is 9. The number of phenols is 3. The van der Waals surface area contributed by atoms with Crippen LogP contribution in [0.4, 0.5) is 0 Å². The molecule has 1 heterocycles. The number of ether oxygens (including phenoxy) is 1. The highest BCUT2D eigenvalue weighted by Gasteiger charge is 2.28. The molecule has 0 fully saturated rings. The largest absolute Gasteiger partial charge is 0.508 e. The molecule has 27 heavy (non-hydrogen) atoms. The maximum atomic E-state index is 10.4. The molecule has 4 N–H and O–H groups in total. The van der Waals surface area contributed by atoms with Crippen molar-refractivity contribution in [2.24, 2.45) is 5.92 Å². The predicted molar refractivity (Wildman–Crippen MR) is 107 cm³/mol. The number of aliphatic hydroxyl groups excluding tert-OH is 1. The summed E-state index contributed by atoms with van der Waals surface area (Å²) in [5, 5.41) is 39.1. The lowest BCUT2D eigenvalue weighted by Crippen LogP contribution is -2.03. The Labute approximate surface area is 162 Å². The maximum absolute atomic E-state index is 10.4. The molecule has 0 spiro atoms. The van der Waals surface area contributed by atoms with E-state index in [4.69, 9.17) is 4.74 Å². The minimum atomic E-state index is -0.571. The van der Waals surface area contributed by atoms with Gasteiger partial charge in [-0.1, -0.05) is 71.1 Å². The van der Waals surface area contributed by atoms with E-state index in [1.165, 1.54) is 63.5 Å². The zero-order chi connectivity index (χ0) is 19.6. The van der Waals surface area contributed by atoms with Crippen molar-refractivity contribution in [3.63, 3.8) is 0 Å². The van der Waals surface area contributed by atoms with Crippen LogP contribution in [0.1, 0.15) is 83.1 Å². The van der Waals surface area contributed by atoms with E-state index in [9.17, 15) is 20.4 Å². The number of benzene rings is 1. The normalized spacial score (nSPS) is 16.7. The summed E-state index contributed by atoms with van der Waals surface area (Å²) in [4.78, 5) is 0. The van der Waals surface area contributed by atoms with Crippen molar-refractivity contribution in [2.75, 3.05) is 6.61 Å². The molecule has 0 amide bonds. The first kappa shape index (κ1) is 21.3. The molecule has 1 aliphatic heterocycles. The summed E-state index contributed by atoms with van der Waals surface area (Å²) in [6, 6.07) is 2.56. The average Bonchev–Trinajstić information content (AvgIpc) is 3.01. The molecule has 0 bridgehead atoms. The Kier molecular flexibility index (Phi) is 8.62. The fourth-order valence-electron chi connectivity index (χ4n) is 3.59. The highest BCUT2D eigenvalue weighted by molar-refractivity contribution is 5.69. The lowest BCUT2D eigenvalue weighted by atomic mass is 9.98. The number of phenolic OH excluding ortho intramolecular Hbond substituents is 3. The molecule has 1 aromatic rings. The first-order valence-electron chi connectivity index (χ1n) is 10.4. The molecule has 0 radical (unpaired) electrons. The van der Waals surface area contributed by atoms with Gasteiger partial charge < -0.3 is 25.2 Å². The van der Waals surface area contributed by atoms with Crippen LogP contribution in [0.3, 0.4) is 0 Å². The average molecular weight is 379 g/mol. The van der Waals surface area contributed by atoms with Crippen LogP contribution in [0.25, 0.3) is 5.76 Å². The monoisotopic (exact) mass is 378 g/mol. The smallest absolute Gasteiger partial charge is 0.200 e. The highest BCUT2D eigenvalue weighted by atomic mass is 16.5. The second-order valence-electron chi connectivity index (χ2n) is 7.56. The lowest BCUT2D eigenvalue weighted by Gasteiger charge is -2.08. The van der Waals surface area contributed by atoms with Crippen LogP contribution < -0.4 is 0 Å². The van der Waals surface area contributed by atoms with Crippen molar-refractivity contribution < 1.29 is 25.2 Å². The molecular formula is C22H34O5. The second kappa shape index (κ2) is 11.0. The first-order valence-corrected chi connectivity index (χ1v) is 10.4. The second-order valence-corrected chi connectivity index (χ2v) is 7.56. The van der Waals surface area contributed by atoms with Crippen LogP contribution in [-0.4, -0.2) is 27.0 Å². The van der Waals surface area contributed by atoms with E-state index < -0.39 is 17.2 Å². The number of aromatic hydroxyl groups is 3. The lowest BCUT2D eigenvalue weighted by molar-refractivity contribution is 0.245. The maximum Gasteiger partial charge on any atom is 0.200 e. The zero-order valence-corrected chi connectivity index (χ0v) is 16.4. The molecule has 1 unspecified atom stereocenters. The summed E-state index contributed by atoms with van der Waals surface area (Å²) in [7, 11) is 0. The Morgan fingerprint density at radius 1 is 0.815 bits per heavy atom. The third-order valence-electron chi connectivity index (χ3n) is 5.29. The minimum Gasteiger partial charge on any atom is -0.508 e. The molecule has 1 aliphatic rings. The van der Waals surface area contributed by atoms with Gasteiger partial charge in [0.05, 0.1) is 12.5 Å². The fourth-order valence-corrected chi connectivity index (χ4v) is 3.59. The van der Waals surface area contributed by atoms with Crippen LogP contribution in [-0.2, 0) is 4.74 Å². The van der Waals surface area contributed by atoms with Crippen LogP contribution in [0, 0.1) is 5.92 Å². The van der Waals surface area contributed by atoms with Gasteiger partial charge in [-0.15, -0.1) is 0 Å². The molecule has 0 saturated heterocycles. The molecule has 2 rings (SSSR count). The van der Waals surface area contributed by atoms with E-state index in [2.05, 4.69) is 6.92 Å². The van der Waals surface area contributed by atoms with Gasteiger partial charge in [0.25, 0.3) is 0 Å². The first-order chi connectivity index (χ1) is 13.0. The summed E-state index contributed by atoms with van der Waals surface area (Å²) in [6.07, 6.45) is 13.6. The van der Waals surface area contributed by atoms with E-state index in [1.54, 1.807) is 0 Å². The van der Waals surface area contributed by atoms with Gasteiger partial charge in [0.2, 0.25) is 0 Å². The van der Waals surface area contributed by atoms with Crippen molar-refractivity contribution in [3.8, 4) is 17.2 Å². The van der Waals surface area contributed by atoms with Gasteiger partial charge in [-0.05, 0) is 18.6 Å². The molecule has 1 atom stereocenters. The molecule has 0 saturated carbocycles. The number of rotatable bonds is 12. The number of aliphatic hydroxyl groups is 1. The van der Waals surface area contributed by atoms with Gasteiger partial charge in [0, 0.05) is 5.56 Å². The molecular weight excluding hydrogens is 344 g/mol. The standard InChI is InChI=1S/C22H34O5/c1-2-3-4-5-6-7-8-9-10-11-12-16-15-27-22(20(16)25)17-13-18(23)21(26)19(24)14-17/h13-14,16,23-26H,2-12,15H2,1H3. The van der Waals surface area contributed by atoms with E-state index >= 15 is 0 Å². The van der Waals surface area contributed by atoms with Crippen LogP contribution in [0.15, 0.2) is 17.9 Å². The Morgan fingerprint density at radius 2 is 1.33 bits per heavy atom. The van der Waals surface area contributed by atoms with E-state index in [0.717, 1.165) is 19.3 Å². The van der Waals surface area contributed by atoms with E-state index in [0.29, 0.717) is 12.2 Å². The summed E-state index contributed by atoms with van der Waals surface area (Å²) in [5.74, 6) is -1.06. The summed E-state index contributed by atoms with van der Waals surface area (Å²) >= 11 is 0. The molecule has 1 aromatic carbocycles. The van der Waals surface area contributed by atoms with Crippen molar-refractivity contribution in [2.45, 2.75) is 77.6 Å². The van der Waals surface area contributed by atoms with Gasteiger partial charge in [-0.2, -0.15) is 0 Å². The van der Waals surface area contributed by atoms with Crippen LogP contribution >= 0.6 is 0 Å². The Morgan fingerprint density at radius 3 is 1.89 bits per heavy atom. The molecule has 5 nitrogen and oxygen atoms in total. The van der Waals surface area contributed by atoms with Crippen molar-refractivity contribution in [3.05, 3.63) is 23.5 Å². The van der Waals surface area contributed by atoms with E-state index in [1.807, 2.05) is 0 Å². The molecule has 5 heteroatoms. The Bertz CT molecular complexity index is 600.